The quantitative estimate of drug-likeness (QED) is 0.244. The fourth-order valence-corrected chi connectivity index (χ4v) is 4.91. The molecule has 4 aromatic carbocycles. The Hall–Kier alpha value is -4.04. The van der Waals surface area contributed by atoms with Crippen molar-refractivity contribution in [2.24, 2.45) is 5.92 Å². The average Bonchev–Trinajstić information content (AvgIpc) is 3.18. The van der Waals surface area contributed by atoms with Crippen LogP contribution in [0.2, 0.25) is 0 Å². The Morgan fingerprint density at radius 3 is 1.74 bits per heavy atom. The summed E-state index contributed by atoms with van der Waals surface area (Å²) in [7, 11) is 0. The highest BCUT2D eigenvalue weighted by Crippen LogP contribution is 2.51. The van der Waals surface area contributed by atoms with Crippen LogP contribution in [-0.2, 0) is 4.79 Å². The first-order chi connectivity index (χ1) is 16.5. The van der Waals surface area contributed by atoms with Gasteiger partial charge in [0.25, 0.3) is 0 Å². The van der Waals surface area contributed by atoms with Gasteiger partial charge in [-0.15, -0.1) is 0 Å². The second kappa shape index (κ2) is 9.07. The summed E-state index contributed by atoms with van der Waals surface area (Å²) < 4.78 is 0. The molecule has 34 heavy (non-hydrogen) atoms. The molecule has 1 aliphatic rings. The van der Waals surface area contributed by atoms with E-state index in [0.717, 1.165) is 33.4 Å². The number of rotatable bonds is 5. The van der Waals surface area contributed by atoms with Crippen LogP contribution in [0.4, 0.5) is 0 Å². The smallest absolute Gasteiger partial charge is 0.175 e. The first kappa shape index (κ1) is 21.8. The van der Waals surface area contributed by atoms with Crippen molar-refractivity contribution in [1.82, 2.24) is 0 Å². The normalized spacial score (nSPS) is 17.8. The molecule has 0 saturated carbocycles. The molecular formula is C32H26O2. The van der Waals surface area contributed by atoms with Crippen LogP contribution >= 0.6 is 0 Å². The van der Waals surface area contributed by atoms with Gasteiger partial charge in [-0.3, -0.25) is 9.59 Å². The van der Waals surface area contributed by atoms with Gasteiger partial charge in [-0.25, -0.2) is 0 Å². The molecule has 0 fully saturated rings. The van der Waals surface area contributed by atoms with Crippen LogP contribution < -0.4 is 0 Å². The lowest BCUT2D eigenvalue weighted by atomic mass is 9.78. The van der Waals surface area contributed by atoms with Gasteiger partial charge in [0.1, 0.15) is 0 Å². The van der Waals surface area contributed by atoms with E-state index in [1.807, 2.05) is 55.5 Å². The molecule has 0 amide bonds. The highest BCUT2D eigenvalue weighted by molar-refractivity contribution is 6.39. The first-order valence-corrected chi connectivity index (χ1v) is 11.6. The van der Waals surface area contributed by atoms with Crippen LogP contribution in [0.5, 0.6) is 0 Å². The molecule has 0 radical (unpaired) electrons. The number of allylic oxidation sites excluding steroid dienone is 2. The number of ketones is 2. The molecule has 2 atom stereocenters. The summed E-state index contributed by atoms with van der Waals surface area (Å²) in [6.45, 7) is 4.09. The van der Waals surface area contributed by atoms with Crippen LogP contribution in [0.1, 0.15) is 44.1 Å². The summed E-state index contributed by atoms with van der Waals surface area (Å²) in [4.78, 5) is 28.0. The highest BCUT2D eigenvalue weighted by atomic mass is 16.2. The van der Waals surface area contributed by atoms with E-state index < -0.39 is 5.92 Å². The van der Waals surface area contributed by atoms with Crippen LogP contribution in [-0.4, -0.2) is 11.6 Å². The summed E-state index contributed by atoms with van der Waals surface area (Å²) >= 11 is 0. The molecule has 2 nitrogen and oxygen atoms in total. The van der Waals surface area contributed by atoms with Gasteiger partial charge < -0.3 is 0 Å². The Morgan fingerprint density at radius 2 is 1.15 bits per heavy atom. The Bertz CT molecular complexity index is 1360. The third kappa shape index (κ3) is 3.92. The van der Waals surface area contributed by atoms with Crippen molar-refractivity contribution in [3.05, 3.63) is 143 Å². The van der Waals surface area contributed by atoms with Gasteiger partial charge in [-0.05, 0) is 36.1 Å². The monoisotopic (exact) mass is 442 g/mol. The van der Waals surface area contributed by atoms with Crippen molar-refractivity contribution in [3.63, 3.8) is 0 Å². The van der Waals surface area contributed by atoms with E-state index in [0.29, 0.717) is 11.1 Å². The molecule has 5 rings (SSSR count). The lowest BCUT2D eigenvalue weighted by molar-refractivity contribution is -0.115. The van der Waals surface area contributed by atoms with E-state index in [1.54, 1.807) is 12.1 Å². The molecule has 0 saturated heterocycles. The molecule has 166 valence electrons. The third-order valence-electron chi connectivity index (χ3n) is 6.64. The van der Waals surface area contributed by atoms with E-state index in [-0.39, 0.29) is 17.5 Å². The average molecular weight is 443 g/mol. The van der Waals surface area contributed by atoms with Crippen molar-refractivity contribution >= 4 is 22.7 Å². The Labute approximate surface area is 200 Å². The van der Waals surface area contributed by atoms with Crippen molar-refractivity contribution in [2.45, 2.75) is 19.8 Å². The SMILES string of the molecule is Cc1ccc(C2=C(c3ccccc3)C(=O)[C@H](C(=O)c3ccccc3)[C@H]2c2ccc(C)cc2)cc1. The zero-order chi connectivity index (χ0) is 23.7. The Morgan fingerprint density at radius 1 is 0.618 bits per heavy atom. The Kier molecular flexibility index (Phi) is 5.81. The van der Waals surface area contributed by atoms with E-state index >= 15 is 0 Å². The molecule has 0 heterocycles. The van der Waals surface area contributed by atoms with E-state index in [1.165, 1.54) is 0 Å². The predicted molar refractivity (Wildman–Crippen MR) is 138 cm³/mol. The number of carbonyl (C=O) groups excluding carboxylic acids is 2. The fraction of sp³-hybridized carbons (Fsp3) is 0.125. The summed E-state index contributed by atoms with van der Waals surface area (Å²) in [6, 6.07) is 35.4. The van der Waals surface area contributed by atoms with Crippen LogP contribution in [0, 0.1) is 19.8 Å². The highest BCUT2D eigenvalue weighted by Gasteiger charge is 2.47. The number of aryl methyl sites for hydroxylation is 2. The number of carbonyl (C=O) groups is 2. The minimum Gasteiger partial charge on any atom is -0.293 e. The maximum atomic E-state index is 14.1. The molecular weight excluding hydrogens is 416 g/mol. The van der Waals surface area contributed by atoms with Gasteiger partial charge in [0.05, 0.1) is 5.92 Å². The lowest BCUT2D eigenvalue weighted by Crippen LogP contribution is -2.26. The zero-order valence-electron chi connectivity index (χ0n) is 19.4. The Balaban J connectivity index is 1.78. The summed E-state index contributed by atoms with van der Waals surface area (Å²) in [5.74, 6) is -1.41. The molecule has 0 aliphatic heterocycles. The van der Waals surface area contributed by atoms with Gasteiger partial charge in [0.2, 0.25) is 0 Å². The molecule has 0 unspecified atom stereocenters. The summed E-state index contributed by atoms with van der Waals surface area (Å²) in [5.41, 5.74) is 7.24. The second-order valence-electron chi connectivity index (χ2n) is 8.98. The van der Waals surface area contributed by atoms with E-state index in [2.05, 4.69) is 55.5 Å². The van der Waals surface area contributed by atoms with Gasteiger partial charge in [0.15, 0.2) is 11.6 Å². The van der Waals surface area contributed by atoms with Crippen LogP contribution in [0.25, 0.3) is 11.1 Å². The largest absolute Gasteiger partial charge is 0.293 e. The van der Waals surface area contributed by atoms with Crippen molar-refractivity contribution < 1.29 is 9.59 Å². The maximum absolute atomic E-state index is 14.1. The summed E-state index contributed by atoms with van der Waals surface area (Å²) in [5, 5.41) is 0. The van der Waals surface area contributed by atoms with Crippen molar-refractivity contribution in [2.75, 3.05) is 0 Å². The van der Waals surface area contributed by atoms with Crippen LogP contribution in [0.15, 0.2) is 109 Å². The number of hydrogen-bond acceptors (Lipinski definition) is 2. The van der Waals surface area contributed by atoms with Crippen molar-refractivity contribution in [1.29, 1.82) is 0 Å². The minimum atomic E-state index is -0.809. The fourth-order valence-electron chi connectivity index (χ4n) is 4.91. The second-order valence-corrected chi connectivity index (χ2v) is 8.98. The molecule has 4 aromatic rings. The van der Waals surface area contributed by atoms with E-state index in [9.17, 15) is 9.59 Å². The number of Topliss-reactive ketones (excluding diaryl/α,β-unsaturated/α-hetero) is 2. The standard InChI is InChI=1S/C32H26O2/c1-21-13-17-24(18-14-21)27-28(25-19-15-22(2)16-20-25)30(31(33)26-11-7-4-8-12-26)32(34)29(27)23-9-5-3-6-10-23/h3-20,28,30H,1-2H3/t28-,30-/m0/s1. The zero-order valence-corrected chi connectivity index (χ0v) is 19.4. The first-order valence-electron chi connectivity index (χ1n) is 11.6. The molecule has 0 bridgehead atoms. The maximum Gasteiger partial charge on any atom is 0.175 e. The number of hydrogen-bond donors (Lipinski definition) is 0. The van der Waals surface area contributed by atoms with Gasteiger partial charge in [0, 0.05) is 17.1 Å². The van der Waals surface area contributed by atoms with E-state index in [4.69, 9.17) is 0 Å². The lowest BCUT2D eigenvalue weighted by Gasteiger charge is -2.22. The van der Waals surface area contributed by atoms with Crippen molar-refractivity contribution in [3.8, 4) is 0 Å². The molecule has 0 N–H and O–H groups in total. The topological polar surface area (TPSA) is 34.1 Å². The van der Waals surface area contributed by atoms with Gasteiger partial charge >= 0.3 is 0 Å². The van der Waals surface area contributed by atoms with Crippen LogP contribution in [0.3, 0.4) is 0 Å². The van der Waals surface area contributed by atoms with Gasteiger partial charge in [-0.1, -0.05) is 120 Å². The molecule has 2 heteroatoms. The molecule has 0 aromatic heterocycles. The van der Waals surface area contributed by atoms with Gasteiger partial charge in [-0.2, -0.15) is 0 Å². The molecule has 0 spiro atoms. The summed E-state index contributed by atoms with van der Waals surface area (Å²) in [6.07, 6.45) is 0. The third-order valence-corrected chi connectivity index (χ3v) is 6.64. The molecule has 1 aliphatic carbocycles. The minimum absolute atomic E-state index is 0.110. The predicted octanol–water partition coefficient (Wildman–Crippen LogP) is 7.08. The number of benzene rings is 4.